The lowest BCUT2D eigenvalue weighted by molar-refractivity contribution is 0.514. The second kappa shape index (κ2) is 4.46. The molecule has 0 aliphatic carbocycles. The van der Waals surface area contributed by atoms with Gasteiger partial charge in [-0.2, -0.15) is 0 Å². The first-order chi connectivity index (χ1) is 6.50. The highest BCUT2D eigenvalue weighted by molar-refractivity contribution is 5.21. The first kappa shape index (κ1) is 11.0. The summed E-state index contributed by atoms with van der Waals surface area (Å²) in [7, 11) is 0. The minimum Gasteiger partial charge on any atom is -0.328 e. The van der Waals surface area contributed by atoms with Gasteiger partial charge in [-0.15, -0.1) is 0 Å². The first-order valence-electron chi connectivity index (χ1n) is 4.39. The van der Waals surface area contributed by atoms with E-state index in [1.54, 1.807) is 6.92 Å². The molecule has 1 aromatic rings. The number of halogens is 3. The van der Waals surface area contributed by atoms with Crippen molar-refractivity contribution in [2.24, 2.45) is 5.73 Å². The van der Waals surface area contributed by atoms with Crippen LogP contribution in [0.25, 0.3) is 0 Å². The molecule has 1 unspecified atom stereocenters. The zero-order chi connectivity index (χ0) is 10.7. The van der Waals surface area contributed by atoms with Crippen LogP contribution in [0.15, 0.2) is 12.1 Å². The summed E-state index contributed by atoms with van der Waals surface area (Å²) in [5.74, 6) is -2.59. The Labute approximate surface area is 80.7 Å². The molecule has 1 nitrogen and oxygen atoms in total. The summed E-state index contributed by atoms with van der Waals surface area (Å²) >= 11 is 0. The third-order valence-corrected chi connectivity index (χ3v) is 1.96. The molecule has 0 aliphatic rings. The average Bonchev–Trinajstić information content (AvgIpc) is 2.01. The van der Waals surface area contributed by atoms with Crippen LogP contribution in [0.1, 0.15) is 18.9 Å². The van der Waals surface area contributed by atoms with E-state index in [0.717, 1.165) is 0 Å². The lowest BCUT2D eigenvalue weighted by Crippen LogP contribution is -2.16. The summed E-state index contributed by atoms with van der Waals surface area (Å²) in [5, 5.41) is 0. The molecule has 0 saturated carbocycles. The van der Waals surface area contributed by atoms with Crippen molar-refractivity contribution in [1.29, 1.82) is 0 Å². The number of rotatable bonds is 3. The normalized spacial score (nSPS) is 12.9. The fraction of sp³-hybridized carbons (Fsp3) is 0.400. The van der Waals surface area contributed by atoms with Crippen LogP contribution < -0.4 is 5.73 Å². The smallest absolute Gasteiger partial charge is 0.132 e. The number of hydrogen-bond acceptors (Lipinski definition) is 1. The van der Waals surface area contributed by atoms with Gasteiger partial charge in [0.2, 0.25) is 0 Å². The minimum atomic E-state index is -0.899. The van der Waals surface area contributed by atoms with Crippen LogP contribution in [-0.4, -0.2) is 6.04 Å². The zero-order valence-electron chi connectivity index (χ0n) is 7.86. The van der Waals surface area contributed by atoms with Crippen molar-refractivity contribution >= 4 is 0 Å². The molecule has 0 fully saturated rings. The number of hydrogen-bond donors (Lipinski definition) is 1. The molecule has 78 valence electrons. The van der Waals surface area contributed by atoms with E-state index in [1.165, 1.54) is 0 Å². The minimum absolute atomic E-state index is 0.0938. The number of nitrogens with two attached hydrogens (primary N) is 1. The van der Waals surface area contributed by atoms with Gasteiger partial charge in [0.05, 0.1) is 0 Å². The summed E-state index contributed by atoms with van der Waals surface area (Å²) in [6, 6.07) is 1.23. The van der Waals surface area contributed by atoms with Crippen molar-refractivity contribution in [3.05, 3.63) is 35.1 Å². The molecule has 0 radical (unpaired) electrons. The van der Waals surface area contributed by atoms with Crippen molar-refractivity contribution in [3.8, 4) is 0 Å². The van der Waals surface area contributed by atoms with Crippen molar-refractivity contribution in [3.63, 3.8) is 0 Å². The Bertz CT molecular complexity index is 300. The van der Waals surface area contributed by atoms with Gasteiger partial charge < -0.3 is 5.73 Å². The lowest BCUT2D eigenvalue weighted by atomic mass is 10.1. The van der Waals surface area contributed by atoms with E-state index in [1.807, 2.05) is 0 Å². The van der Waals surface area contributed by atoms with Crippen molar-refractivity contribution in [2.75, 3.05) is 0 Å². The average molecular weight is 203 g/mol. The molecular weight excluding hydrogens is 191 g/mol. The van der Waals surface area contributed by atoms with Gasteiger partial charge in [0, 0.05) is 23.7 Å². The van der Waals surface area contributed by atoms with Crippen LogP contribution in [-0.2, 0) is 6.42 Å². The van der Waals surface area contributed by atoms with E-state index in [2.05, 4.69) is 0 Å². The van der Waals surface area contributed by atoms with Gasteiger partial charge in [0.25, 0.3) is 0 Å². The summed E-state index contributed by atoms with van der Waals surface area (Å²) in [6.07, 6.45) is 0.662. The quantitative estimate of drug-likeness (QED) is 0.801. The summed E-state index contributed by atoms with van der Waals surface area (Å²) in [5.41, 5.74) is 5.36. The van der Waals surface area contributed by atoms with E-state index in [0.29, 0.717) is 18.6 Å². The van der Waals surface area contributed by atoms with Crippen LogP contribution in [0.2, 0.25) is 0 Å². The molecule has 1 atom stereocenters. The highest BCUT2D eigenvalue weighted by Crippen LogP contribution is 2.16. The van der Waals surface area contributed by atoms with Gasteiger partial charge in [0.15, 0.2) is 0 Å². The molecule has 0 amide bonds. The predicted molar refractivity (Wildman–Crippen MR) is 48.3 cm³/mol. The second-order valence-electron chi connectivity index (χ2n) is 3.36. The van der Waals surface area contributed by atoms with E-state index in [-0.39, 0.29) is 18.0 Å². The van der Waals surface area contributed by atoms with Gasteiger partial charge in [-0.1, -0.05) is 0 Å². The van der Waals surface area contributed by atoms with Gasteiger partial charge in [-0.25, -0.2) is 13.2 Å². The van der Waals surface area contributed by atoms with Crippen LogP contribution in [0.4, 0.5) is 13.2 Å². The van der Waals surface area contributed by atoms with Crippen molar-refractivity contribution < 1.29 is 13.2 Å². The van der Waals surface area contributed by atoms with Gasteiger partial charge in [0.1, 0.15) is 17.5 Å². The van der Waals surface area contributed by atoms with Crippen LogP contribution in [0.5, 0.6) is 0 Å². The van der Waals surface area contributed by atoms with E-state index < -0.39 is 17.5 Å². The maximum atomic E-state index is 13.0. The molecule has 0 saturated heterocycles. The van der Waals surface area contributed by atoms with Crippen molar-refractivity contribution in [1.82, 2.24) is 0 Å². The molecule has 4 heteroatoms. The standard InChI is InChI=1S/C10H12F3N/c1-6(14)2-3-8-9(12)4-7(11)5-10(8)13/h4-6H,2-3,14H2,1H3. The molecule has 2 N–H and O–H groups in total. The van der Waals surface area contributed by atoms with E-state index in [4.69, 9.17) is 5.73 Å². The number of benzene rings is 1. The fourth-order valence-electron chi connectivity index (χ4n) is 1.18. The molecule has 0 spiro atoms. The van der Waals surface area contributed by atoms with Gasteiger partial charge >= 0.3 is 0 Å². The van der Waals surface area contributed by atoms with E-state index in [9.17, 15) is 13.2 Å². The Morgan fingerprint density at radius 3 is 2.14 bits per heavy atom. The lowest BCUT2D eigenvalue weighted by Gasteiger charge is -2.07. The fourth-order valence-corrected chi connectivity index (χ4v) is 1.18. The molecule has 1 aromatic carbocycles. The SMILES string of the molecule is CC(N)CCc1c(F)cc(F)cc1F. The Hall–Kier alpha value is -1.03. The summed E-state index contributed by atoms with van der Waals surface area (Å²) in [6.45, 7) is 1.75. The second-order valence-corrected chi connectivity index (χ2v) is 3.36. The molecule has 1 rings (SSSR count). The van der Waals surface area contributed by atoms with Crippen molar-refractivity contribution in [2.45, 2.75) is 25.8 Å². The van der Waals surface area contributed by atoms with Crippen LogP contribution in [0, 0.1) is 17.5 Å². The monoisotopic (exact) mass is 203 g/mol. The van der Waals surface area contributed by atoms with E-state index >= 15 is 0 Å². The third-order valence-electron chi connectivity index (χ3n) is 1.96. The predicted octanol–water partition coefficient (Wildman–Crippen LogP) is 2.38. The van der Waals surface area contributed by atoms with Gasteiger partial charge in [-0.3, -0.25) is 0 Å². The Morgan fingerprint density at radius 1 is 1.21 bits per heavy atom. The van der Waals surface area contributed by atoms with Gasteiger partial charge in [-0.05, 0) is 19.8 Å². The highest BCUT2D eigenvalue weighted by Gasteiger charge is 2.11. The molecule has 0 aliphatic heterocycles. The first-order valence-corrected chi connectivity index (χ1v) is 4.39. The maximum Gasteiger partial charge on any atom is 0.132 e. The molecule has 14 heavy (non-hydrogen) atoms. The largest absolute Gasteiger partial charge is 0.328 e. The Kier molecular flexibility index (Phi) is 3.52. The topological polar surface area (TPSA) is 26.0 Å². The Balaban J connectivity index is 2.86. The highest BCUT2D eigenvalue weighted by atomic mass is 19.1. The molecule has 0 bridgehead atoms. The van der Waals surface area contributed by atoms with Crippen LogP contribution in [0.3, 0.4) is 0 Å². The summed E-state index contributed by atoms with van der Waals surface area (Å²) < 4.78 is 38.6. The molecule has 0 heterocycles. The zero-order valence-corrected chi connectivity index (χ0v) is 7.86. The molecule has 0 aromatic heterocycles. The Morgan fingerprint density at radius 2 is 1.71 bits per heavy atom. The molecular formula is C10H12F3N. The maximum absolute atomic E-state index is 13.0. The summed E-state index contributed by atoms with van der Waals surface area (Å²) in [4.78, 5) is 0. The van der Waals surface area contributed by atoms with Crippen LogP contribution >= 0.6 is 0 Å². The third kappa shape index (κ3) is 2.73.